The Labute approximate surface area is 165 Å². The maximum atomic E-state index is 12.8. The third-order valence-corrected chi connectivity index (χ3v) is 6.25. The molecule has 1 fully saturated rings. The highest BCUT2D eigenvalue weighted by Crippen LogP contribution is 2.20. The Morgan fingerprint density at radius 2 is 2.28 bits per heavy atom. The standard InChI is InChI=1S/C18H22IN3O2S/c1-11-12(2)25-18(22(11)10-14-5-4-8-24-14)21-17(23)15-9-13(19)6-7-16(15)20-3/h6-7,9,14,20H,4-5,8,10H2,1-3H3. The molecule has 7 heteroatoms. The fourth-order valence-electron chi connectivity index (χ4n) is 2.95. The number of hydrogen-bond donors (Lipinski definition) is 1. The number of aryl methyl sites for hydroxylation is 1. The van der Waals surface area contributed by atoms with Crippen LogP contribution in [-0.4, -0.2) is 30.2 Å². The van der Waals surface area contributed by atoms with E-state index in [0.717, 1.165) is 45.7 Å². The third-order valence-electron chi connectivity index (χ3n) is 4.48. The van der Waals surface area contributed by atoms with E-state index in [1.807, 2.05) is 25.2 Å². The average Bonchev–Trinajstić information content (AvgIpc) is 3.19. The van der Waals surface area contributed by atoms with Crippen LogP contribution in [0.25, 0.3) is 0 Å². The molecule has 1 unspecified atom stereocenters. The predicted molar refractivity (Wildman–Crippen MR) is 109 cm³/mol. The van der Waals surface area contributed by atoms with Gasteiger partial charge >= 0.3 is 0 Å². The molecule has 0 saturated carbocycles. The van der Waals surface area contributed by atoms with Crippen molar-refractivity contribution in [3.05, 3.63) is 42.7 Å². The highest BCUT2D eigenvalue weighted by Gasteiger charge is 2.19. The first-order valence-electron chi connectivity index (χ1n) is 8.34. The lowest BCUT2D eigenvalue weighted by Gasteiger charge is -2.12. The lowest BCUT2D eigenvalue weighted by Crippen LogP contribution is -2.25. The molecular weight excluding hydrogens is 449 g/mol. The van der Waals surface area contributed by atoms with Crippen molar-refractivity contribution in [2.45, 2.75) is 39.3 Å². The van der Waals surface area contributed by atoms with Gasteiger partial charge in [0, 0.05) is 33.5 Å². The van der Waals surface area contributed by atoms with Crippen molar-refractivity contribution in [1.29, 1.82) is 0 Å². The fourth-order valence-corrected chi connectivity index (χ4v) is 4.42. The molecule has 1 aliphatic heterocycles. The molecular formula is C18H22IN3O2S. The molecule has 2 heterocycles. The number of ether oxygens (including phenoxy) is 1. The Balaban J connectivity index is 1.99. The molecule has 1 saturated heterocycles. The van der Waals surface area contributed by atoms with Crippen molar-refractivity contribution in [3.8, 4) is 0 Å². The molecule has 1 aromatic carbocycles. The number of hydrogen-bond acceptors (Lipinski definition) is 4. The van der Waals surface area contributed by atoms with E-state index in [2.05, 4.69) is 51.3 Å². The van der Waals surface area contributed by atoms with Gasteiger partial charge in [-0.15, -0.1) is 11.3 Å². The summed E-state index contributed by atoms with van der Waals surface area (Å²) in [6, 6.07) is 5.76. The van der Waals surface area contributed by atoms with Gasteiger partial charge in [-0.3, -0.25) is 4.79 Å². The molecule has 5 nitrogen and oxygen atoms in total. The van der Waals surface area contributed by atoms with E-state index >= 15 is 0 Å². The first-order valence-corrected chi connectivity index (χ1v) is 10.2. The van der Waals surface area contributed by atoms with Crippen LogP contribution in [0.1, 0.15) is 33.8 Å². The first kappa shape index (κ1) is 18.6. The minimum absolute atomic E-state index is 0.215. The number of amides is 1. The van der Waals surface area contributed by atoms with Crippen molar-refractivity contribution in [1.82, 2.24) is 4.57 Å². The Hall–Kier alpha value is -1.19. The zero-order chi connectivity index (χ0) is 18.0. The number of aromatic nitrogens is 1. The molecule has 3 rings (SSSR count). The van der Waals surface area contributed by atoms with E-state index in [4.69, 9.17) is 4.74 Å². The second-order valence-electron chi connectivity index (χ2n) is 6.13. The minimum Gasteiger partial charge on any atom is -0.387 e. The van der Waals surface area contributed by atoms with Gasteiger partial charge in [-0.2, -0.15) is 4.99 Å². The van der Waals surface area contributed by atoms with Crippen molar-refractivity contribution < 1.29 is 9.53 Å². The fraction of sp³-hybridized carbons (Fsp3) is 0.444. The normalized spacial score (nSPS) is 17.9. The van der Waals surface area contributed by atoms with Crippen molar-refractivity contribution in [2.75, 3.05) is 19.0 Å². The second-order valence-corrected chi connectivity index (χ2v) is 8.56. The van der Waals surface area contributed by atoms with E-state index in [1.54, 1.807) is 11.3 Å². The van der Waals surface area contributed by atoms with E-state index in [1.165, 1.54) is 4.88 Å². The Kier molecular flexibility index (Phi) is 5.96. The second kappa shape index (κ2) is 8.01. The number of carbonyl (C=O) groups is 1. The predicted octanol–water partition coefficient (Wildman–Crippen LogP) is 3.73. The molecule has 2 aromatic rings. The number of nitrogens with one attached hydrogen (secondary N) is 1. The van der Waals surface area contributed by atoms with Gasteiger partial charge in [0.2, 0.25) is 0 Å². The average molecular weight is 471 g/mol. The molecule has 1 N–H and O–H groups in total. The zero-order valence-electron chi connectivity index (χ0n) is 14.6. The van der Waals surface area contributed by atoms with E-state index < -0.39 is 0 Å². The topological polar surface area (TPSA) is 55.6 Å². The Bertz CT molecular complexity index is 850. The highest BCUT2D eigenvalue weighted by molar-refractivity contribution is 14.1. The molecule has 0 bridgehead atoms. The molecule has 1 aliphatic rings. The Morgan fingerprint density at radius 1 is 1.48 bits per heavy atom. The van der Waals surface area contributed by atoms with Crippen molar-refractivity contribution in [2.24, 2.45) is 4.99 Å². The maximum absolute atomic E-state index is 12.8. The lowest BCUT2D eigenvalue weighted by atomic mass is 10.1. The molecule has 134 valence electrons. The van der Waals surface area contributed by atoms with Gasteiger partial charge < -0.3 is 14.6 Å². The van der Waals surface area contributed by atoms with Crippen molar-refractivity contribution in [3.63, 3.8) is 0 Å². The van der Waals surface area contributed by atoms with Crippen molar-refractivity contribution >= 4 is 45.5 Å². The number of carbonyl (C=O) groups excluding carboxylic acids is 1. The zero-order valence-corrected chi connectivity index (χ0v) is 17.6. The van der Waals surface area contributed by atoms with Gasteiger partial charge in [-0.05, 0) is 67.5 Å². The van der Waals surface area contributed by atoms with Crippen LogP contribution in [0, 0.1) is 17.4 Å². The molecule has 1 amide bonds. The van der Waals surface area contributed by atoms with Gasteiger partial charge in [-0.1, -0.05) is 0 Å². The number of rotatable bonds is 4. The van der Waals surface area contributed by atoms with Gasteiger partial charge in [0.15, 0.2) is 4.80 Å². The molecule has 0 aliphatic carbocycles. The highest BCUT2D eigenvalue weighted by atomic mass is 127. The summed E-state index contributed by atoms with van der Waals surface area (Å²) in [5.74, 6) is -0.217. The number of halogens is 1. The van der Waals surface area contributed by atoms with E-state index in [9.17, 15) is 4.79 Å². The Morgan fingerprint density at radius 3 is 2.96 bits per heavy atom. The third kappa shape index (κ3) is 4.15. The van der Waals surface area contributed by atoms with Crippen LogP contribution in [0.4, 0.5) is 5.69 Å². The van der Waals surface area contributed by atoms with Crippen LogP contribution in [0.3, 0.4) is 0 Å². The van der Waals surface area contributed by atoms with E-state index in [0.29, 0.717) is 5.56 Å². The van der Waals surface area contributed by atoms with Crippen LogP contribution in [0.2, 0.25) is 0 Å². The number of thiazole rings is 1. The molecule has 0 radical (unpaired) electrons. The van der Waals surface area contributed by atoms with Gasteiger partial charge in [-0.25, -0.2) is 0 Å². The SMILES string of the molecule is CNc1ccc(I)cc1C(=O)N=c1sc(C)c(C)n1CC1CCCO1. The summed E-state index contributed by atoms with van der Waals surface area (Å²) < 4.78 is 8.90. The number of nitrogens with zero attached hydrogens (tertiary/aromatic N) is 2. The largest absolute Gasteiger partial charge is 0.387 e. The van der Waals surface area contributed by atoms with Crippen LogP contribution >= 0.6 is 33.9 Å². The lowest BCUT2D eigenvalue weighted by molar-refractivity contribution is 0.0946. The first-order chi connectivity index (χ1) is 12.0. The summed E-state index contributed by atoms with van der Waals surface area (Å²) in [5, 5.41) is 3.07. The quantitative estimate of drug-likeness (QED) is 0.692. The van der Waals surface area contributed by atoms with E-state index in [-0.39, 0.29) is 12.0 Å². The van der Waals surface area contributed by atoms with Crippen LogP contribution < -0.4 is 10.1 Å². The number of benzene rings is 1. The van der Waals surface area contributed by atoms with Gasteiger partial charge in [0.1, 0.15) is 0 Å². The summed E-state index contributed by atoms with van der Waals surface area (Å²) in [4.78, 5) is 19.2. The minimum atomic E-state index is -0.217. The van der Waals surface area contributed by atoms with Gasteiger partial charge in [0.05, 0.1) is 18.2 Å². The molecule has 25 heavy (non-hydrogen) atoms. The van der Waals surface area contributed by atoms with Crippen LogP contribution in [0.15, 0.2) is 23.2 Å². The molecule has 1 aromatic heterocycles. The number of anilines is 1. The smallest absolute Gasteiger partial charge is 0.281 e. The van der Waals surface area contributed by atoms with Crippen LogP contribution in [-0.2, 0) is 11.3 Å². The summed E-state index contributed by atoms with van der Waals surface area (Å²) in [5.41, 5.74) is 2.55. The molecule has 0 spiro atoms. The van der Waals surface area contributed by atoms with Gasteiger partial charge in [0.25, 0.3) is 5.91 Å². The monoisotopic (exact) mass is 471 g/mol. The summed E-state index contributed by atoms with van der Waals surface area (Å²) >= 11 is 3.77. The molecule has 1 atom stereocenters. The summed E-state index contributed by atoms with van der Waals surface area (Å²) in [6.07, 6.45) is 2.38. The van der Waals surface area contributed by atoms with Crippen LogP contribution in [0.5, 0.6) is 0 Å². The summed E-state index contributed by atoms with van der Waals surface area (Å²) in [6.45, 7) is 5.73. The maximum Gasteiger partial charge on any atom is 0.281 e. The summed E-state index contributed by atoms with van der Waals surface area (Å²) in [7, 11) is 1.82.